The summed E-state index contributed by atoms with van der Waals surface area (Å²) in [7, 11) is 0. The second kappa shape index (κ2) is 18.4. The molecule has 2 bridgehead atoms. The van der Waals surface area contributed by atoms with Gasteiger partial charge in [0.1, 0.15) is 0 Å². The minimum Gasteiger partial charge on any atom is -0.311 e. The van der Waals surface area contributed by atoms with Crippen LogP contribution in [0, 0.1) is 0 Å². The molecule has 2 aliphatic rings. The summed E-state index contributed by atoms with van der Waals surface area (Å²) >= 11 is 0. The molecule has 7 aromatic carbocycles. The van der Waals surface area contributed by atoms with Crippen LogP contribution in [0.1, 0.15) is 55.1 Å². The van der Waals surface area contributed by atoms with Crippen molar-refractivity contribution in [1.29, 1.82) is 0 Å². The van der Waals surface area contributed by atoms with Crippen LogP contribution in [-0.2, 0) is 6.42 Å². The van der Waals surface area contributed by atoms with Gasteiger partial charge >= 0.3 is 0 Å². The van der Waals surface area contributed by atoms with Crippen LogP contribution in [0.2, 0.25) is 0 Å². The molecule has 0 amide bonds. The molecule has 2 aromatic heterocycles. The first kappa shape index (κ1) is 41.1. The second-order valence-electron chi connectivity index (χ2n) is 15.8. The Hall–Kier alpha value is -7.28. The fourth-order valence-corrected chi connectivity index (χ4v) is 9.25. The first-order valence-corrected chi connectivity index (χ1v) is 22.0. The molecular formula is C58H53N5. The molecule has 1 unspecified atom stereocenters. The maximum Gasteiger partial charge on any atom is 0.0936 e. The second-order valence-corrected chi connectivity index (χ2v) is 15.8. The van der Waals surface area contributed by atoms with E-state index in [-0.39, 0.29) is 0 Å². The summed E-state index contributed by atoms with van der Waals surface area (Å²) in [4.78, 5) is 0. The van der Waals surface area contributed by atoms with Gasteiger partial charge in [0, 0.05) is 38.0 Å². The highest BCUT2D eigenvalue weighted by molar-refractivity contribution is 6.26. The van der Waals surface area contributed by atoms with Gasteiger partial charge in [-0.3, -0.25) is 5.84 Å². The average Bonchev–Trinajstić information content (AvgIpc) is 3.83. The van der Waals surface area contributed by atoms with Crippen LogP contribution in [0.25, 0.3) is 79.2 Å². The number of nitrogens with one attached hydrogen (secondary N) is 1. The van der Waals surface area contributed by atoms with Crippen LogP contribution >= 0.6 is 0 Å². The monoisotopic (exact) mass is 819 g/mol. The normalized spacial score (nSPS) is 14.6. The highest BCUT2D eigenvalue weighted by Gasteiger charge is 2.24. The van der Waals surface area contributed by atoms with Crippen LogP contribution < -0.4 is 27.6 Å². The summed E-state index contributed by atoms with van der Waals surface area (Å²) in [6.07, 6.45) is 18.2. The number of fused-ring (bicyclic) bond motifs is 14. The molecule has 310 valence electrons. The Kier molecular flexibility index (Phi) is 12.0. The Morgan fingerprint density at radius 2 is 1.27 bits per heavy atom. The highest BCUT2D eigenvalue weighted by atomic mass is 15.3. The minimum atomic E-state index is -0.487. The molecule has 0 spiro atoms. The van der Waals surface area contributed by atoms with Gasteiger partial charge in [-0.15, -0.1) is 0 Å². The standard InChI is InChI=1S/C37H29N5.C19H18.C2H6/c1-23-26-14-3-2-4-18-30-27-15-5-6-17-29(27)34-31-19-8-10-21-33(31)42(25-13-11-12-24(22-25)37(38)40-39)36(34)35(30)41(23)32-20-9-7-16-28(26)32;1-3-7-16(8-4-1)15-17-11-13-19(14-12-17)18-9-5-2-6-10-18;1-2/h2-22,37,40H,1,38-39H2;1-11,13H,12,14-15H2;1-2H3/b3-2-,18-4?,26-14+;;. The molecule has 5 heteroatoms. The zero-order chi connectivity index (χ0) is 43.3. The van der Waals surface area contributed by atoms with Gasteiger partial charge in [0.2, 0.25) is 0 Å². The summed E-state index contributed by atoms with van der Waals surface area (Å²) in [5, 5.41) is 8.04. The van der Waals surface area contributed by atoms with Crippen molar-refractivity contribution in [2.75, 3.05) is 0 Å². The van der Waals surface area contributed by atoms with Crippen molar-refractivity contribution < 1.29 is 0 Å². The van der Waals surface area contributed by atoms with Gasteiger partial charge in [-0.05, 0) is 76.6 Å². The fourth-order valence-electron chi connectivity index (χ4n) is 9.25. The van der Waals surface area contributed by atoms with Gasteiger partial charge in [-0.1, -0.05) is 202 Å². The Morgan fingerprint density at radius 3 is 1.98 bits per heavy atom. The Bertz CT molecular complexity index is 3340. The number of para-hydroxylation sites is 2. The Balaban J connectivity index is 0.000000201. The van der Waals surface area contributed by atoms with Gasteiger partial charge in [0.15, 0.2) is 0 Å². The van der Waals surface area contributed by atoms with Crippen LogP contribution in [-0.4, -0.2) is 9.13 Å². The lowest BCUT2D eigenvalue weighted by Gasteiger charge is -2.19. The number of benzene rings is 7. The molecule has 5 nitrogen and oxygen atoms in total. The van der Waals surface area contributed by atoms with E-state index in [0.717, 1.165) is 62.5 Å². The Labute approximate surface area is 369 Å². The predicted octanol–water partition coefficient (Wildman–Crippen LogP) is 12.1. The maximum absolute atomic E-state index is 6.33. The number of hydrogen-bond acceptors (Lipinski definition) is 3. The van der Waals surface area contributed by atoms with E-state index in [4.69, 9.17) is 11.6 Å². The molecule has 0 radical (unpaired) electrons. The number of nitrogens with zero attached hydrogens (tertiary/aromatic N) is 2. The number of hydrazine groups is 1. The first-order valence-electron chi connectivity index (χ1n) is 22.0. The molecule has 9 aromatic rings. The predicted molar refractivity (Wildman–Crippen MR) is 270 cm³/mol. The van der Waals surface area contributed by atoms with Crippen LogP contribution in [0.5, 0.6) is 0 Å². The third kappa shape index (κ3) is 7.79. The van der Waals surface area contributed by atoms with E-state index in [9.17, 15) is 0 Å². The third-order valence-corrected chi connectivity index (χ3v) is 12.1. The summed E-state index contributed by atoms with van der Waals surface area (Å²) in [5.74, 6) is 5.75. The average molecular weight is 820 g/mol. The van der Waals surface area contributed by atoms with E-state index < -0.39 is 6.17 Å². The quantitative estimate of drug-likeness (QED) is 0.0889. The minimum absolute atomic E-state index is 0.487. The van der Waals surface area contributed by atoms with Gasteiger partial charge in [-0.25, -0.2) is 5.43 Å². The van der Waals surface area contributed by atoms with Crippen LogP contribution in [0.15, 0.2) is 194 Å². The molecule has 1 aliphatic carbocycles. The summed E-state index contributed by atoms with van der Waals surface area (Å²) < 4.78 is 4.72. The molecule has 3 heterocycles. The molecular weight excluding hydrogens is 767 g/mol. The fraction of sp³-hybridized carbons (Fsp3) is 0.103. The van der Waals surface area contributed by atoms with Gasteiger partial charge in [-0.2, -0.15) is 0 Å². The van der Waals surface area contributed by atoms with Crippen LogP contribution in [0.3, 0.4) is 0 Å². The van der Waals surface area contributed by atoms with E-state index >= 15 is 0 Å². The lowest BCUT2D eigenvalue weighted by Crippen LogP contribution is -2.34. The number of rotatable bonds is 6. The van der Waals surface area contributed by atoms with E-state index in [1.165, 1.54) is 55.6 Å². The van der Waals surface area contributed by atoms with Crippen molar-refractivity contribution in [1.82, 2.24) is 14.6 Å². The summed E-state index contributed by atoms with van der Waals surface area (Å²) in [5.41, 5.74) is 22.3. The number of nitrogens with two attached hydrogens (primary N) is 2. The molecule has 11 rings (SSSR count). The smallest absolute Gasteiger partial charge is 0.0936 e. The van der Waals surface area contributed by atoms with Crippen molar-refractivity contribution in [2.24, 2.45) is 11.6 Å². The van der Waals surface area contributed by atoms with Gasteiger partial charge < -0.3 is 14.9 Å². The van der Waals surface area contributed by atoms with Crippen molar-refractivity contribution >= 4 is 67.8 Å². The maximum atomic E-state index is 6.33. The SMILES string of the molecule is C1=C(Cc2ccccc2)CCC(c2ccccc2)=C1.C=c1\c2c3ccccc3n1-c1c(c3ccccc3c3c4ccccc4n(-c4cccc(C(N)NN)c4)c13)C=C/C=C\C=2.CC. The molecule has 5 N–H and O–H groups in total. The van der Waals surface area contributed by atoms with Crippen molar-refractivity contribution in [2.45, 2.75) is 39.3 Å². The number of allylic oxidation sites excluding steroid dienone is 7. The third-order valence-electron chi connectivity index (χ3n) is 12.1. The number of hydrogen-bond donors (Lipinski definition) is 3. The van der Waals surface area contributed by atoms with Crippen molar-refractivity contribution in [3.63, 3.8) is 0 Å². The molecule has 1 atom stereocenters. The molecule has 0 saturated heterocycles. The van der Waals surface area contributed by atoms with E-state index in [1.54, 1.807) is 0 Å². The molecule has 1 aliphatic heterocycles. The molecule has 0 fully saturated rings. The first-order chi connectivity index (χ1) is 31.1. The number of aromatic nitrogens is 2. The van der Waals surface area contributed by atoms with E-state index in [2.05, 4.69) is 209 Å². The lowest BCUT2D eigenvalue weighted by molar-refractivity contribution is 0.576. The molecule has 0 saturated carbocycles. The van der Waals surface area contributed by atoms with Gasteiger partial charge in [0.25, 0.3) is 0 Å². The Morgan fingerprint density at radius 1 is 0.619 bits per heavy atom. The highest BCUT2D eigenvalue weighted by Crippen LogP contribution is 2.43. The lowest BCUT2D eigenvalue weighted by atomic mass is 9.90. The van der Waals surface area contributed by atoms with Crippen LogP contribution in [0.4, 0.5) is 0 Å². The topological polar surface area (TPSA) is 73.9 Å². The van der Waals surface area contributed by atoms with E-state index in [1.807, 2.05) is 26.0 Å². The summed E-state index contributed by atoms with van der Waals surface area (Å²) in [6, 6.07) is 55.6. The largest absolute Gasteiger partial charge is 0.311 e. The van der Waals surface area contributed by atoms with Crippen molar-refractivity contribution in [3.8, 4) is 11.4 Å². The zero-order valence-electron chi connectivity index (χ0n) is 36.0. The summed E-state index contributed by atoms with van der Waals surface area (Å²) in [6.45, 7) is 8.67. The molecule has 63 heavy (non-hydrogen) atoms. The van der Waals surface area contributed by atoms with Gasteiger partial charge in [0.05, 0.1) is 28.4 Å². The van der Waals surface area contributed by atoms with E-state index in [0.29, 0.717) is 0 Å². The zero-order valence-corrected chi connectivity index (χ0v) is 36.0. The van der Waals surface area contributed by atoms with Crippen molar-refractivity contribution in [3.05, 3.63) is 227 Å².